The zero-order chi connectivity index (χ0) is 14.8. The molecule has 0 aliphatic carbocycles. The molecule has 21 heavy (non-hydrogen) atoms. The van der Waals surface area contributed by atoms with Crippen LogP contribution in [0.2, 0.25) is 0 Å². The molecule has 0 atom stereocenters. The minimum atomic E-state index is 0. The molecule has 0 aromatic carbocycles. The van der Waals surface area contributed by atoms with E-state index in [1.807, 2.05) is 6.92 Å². The number of rotatable bonds is 8. The number of unbranched alkanes of at least 4 members (excludes halogenated alkanes) is 1. The summed E-state index contributed by atoms with van der Waals surface area (Å²) < 4.78 is 0. The molecule has 0 spiro atoms. The number of nitrogens with two attached hydrogens (primary N) is 1. The van der Waals surface area contributed by atoms with Crippen molar-refractivity contribution in [2.45, 2.75) is 26.7 Å². The Bertz CT molecular complexity index is 311. The molecule has 0 bridgehead atoms. The largest absolute Gasteiger partial charge is 0.370 e. The van der Waals surface area contributed by atoms with Gasteiger partial charge in [0, 0.05) is 32.7 Å². The number of halogens is 1. The second kappa shape index (κ2) is 12.2. The summed E-state index contributed by atoms with van der Waals surface area (Å²) >= 11 is 0. The van der Waals surface area contributed by atoms with Gasteiger partial charge in [-0.2, -0.15) is 0 Å². The van der Waals surface area contributed by atoms with Gasteiger partial charge in [0.25, 0.3) is 0 Å². The van der Waals surface area contributed by atoms with Gasteiger partial charge in [-0.25, -0.2) is 4.99 Å². The number of guanidine groups is 1. The van der Waals surface area contributed by atoms with Crippen LogP contribution in [0.1, 0.15) is 26.7 Å². The monoisotopic (exact) mass is 409 g/mol. The van der Waals surface area contributed by atoms with Crippen LogP contribution in [0.3, 0.4) is 0 Å². The van der Waals surface area contributed by atoms with Crippen molar-refractivity contribution in [2.24, 2.45) is 10.7 Å². The molecule has 1 saturated heterocycles. The molecule has 0 saturated carbocycles. The number of nitrogens with one attached hydrogen (secondary N) is 1. The zero-order valence-corrected chi connectivity index (χ0v) is 15.9. The van der Waals surface area contributed by atoms with Crippen LogP contribution in [-0.4, -0.2) is 68.1 Å². The van der Waals surface area contributed by atoms with Crippen molar-refractivity contribution in [3.05, 3.63) is 12.2 Å². The third-order valence-electron chi connectivity index (χ3n) is 3.64. The summed E-state index contributed by atoms with van der Waals surface area (Å²) in [7, 11) is 0. The Balaban J connectivity index is 0.00000400. The van der Waals surface area contributed by atoms with Crippen LogP contribution in [-0.2, 0) is 0 Å². The van der Waals surface area contributed by atoms with Gasteiger partial charge in [0.15, 0.2) is 5.96 Å². The van der Waals surface area contributed by atoms with E-state index in [4.69, 9.17) is 5.73 Å². The van der Waals surface area contributed by atoms with E-state index in [9.17, 15) is 0 Å². The van der Waals surface area contributed by atoms with Crippen LogP contribution >= 0.6 is 24.0 Å². The summed E-state index contributed by atoms with van der Waals surface area (Å²) in [6.07, 6.45) is 2.35. The predicted octanol–water partition coefficient (Wildman–Crippen LogP) is 1.50. The van der Waals surface area contributed by atoms with Crippen LogP contribution in [0, 0.1) is 0 Å². The third kappa shape index (κ3) is 10.1. The van der Waals surface area contributed by atoms with Crippen molar-refractivity contribution in [1.29, 1.82) is 0 Å². The molecule has 1 rings (SSSR count). The molecule has 124 valence electrons. The Morgan fingerprint density at radius 3 is 2.38 bits per heavy atom. The Hall–Kier alpha value is -0.340. The predicted molar refractivity (Wildman–Crippen MR) is 103 cm³/mol. The normalized spacial score (nSPS) is 17.3. The Kier molecular flexibility index (Phi) is 12.0. The van der Waals surface area contributed by atoms with E-state index in [1.54, 1.807) is 0 Å². The Morgan fingerprint density at radius 2 is 1.81 bits per heavy atom. The van der Waals surface area contributed by atoms with E-state index in [-0.39, 0.29) is 24.0 Å². The quantitative estimate of drug-likeness (QED) is 0.210. The van der Waals surface area contributed by atoms with Crippen molar-refractivity contribution in [2.75, 3.05) is 52.4 Å². The van der Waals surface area contributed by atoms with Gasteiger partial charge in [-0.05, 0) is 32.9 Å². The standard InChI is InChI=1S/C15H31N5.HI/c1-4-19-9-11-20(12-10-19)8-6-5-7-17-15(16)18-13-14(2)3;/h2,4-13H2,1,3H3,(H3,16,17,18);1H. The van der Waals surface area contributed by atoms with Crippen LogP contribution in [0.15, 0.2) is 17.1 Å². The summed E-state index contributed by atoms with van der Waals surface area (Å²) in [6, 6.07) is 0. The molecule has 1 aliphatic heterocycles. The minimum absolute atomic E-state index is 0. The molecule has 3 N–H and O–H groups in total. The molecule has 0 unspecified atom stereocenters. The smallest absolute Gasteiger partial charge is 0.188 e. The molecule has 5 nitrogen and oxygen atoms in total. The maximum absolute atomic E-state index is 5.76. The molecule has 0 aromatic heterocycles. The van der Waals surface area contributed by atoms with E-state index < -0.39 is 0 Å². The highest BCUT2D eigenvalue weighted by atomic mass is 127. The highest BCUT2D eigenvalue weighted by Crippen LogP contribution is 2.02. The molecule has 1 aliphatic rings. The molecule has 6 heteroatoms. The fraction of sp³-hybridized carbons (Fsp3) is 0.800. The van der Waals surface area contributed by atoms with Crippen molar-refractivity contribution in [3.8, 4) is 0 Å². The first-order chi connectivity index (χ1) is 9.61. The second-order valence-corrected chi connectivity index (χ2v) is 5.57. The average Bonchev–Trinajstić information content (AvgIpc) is 2.45. The molecular weight excluding hydrogens is 377 g/mol. The zero-order valence-electron chi connectivity index (χ0n) is 13.6. The van der Waals surface area contributed by atoms with Crippen molar-refractivity contribution in [3.63, 3.8) is 0 Å². The van der Waals surface area contributed by atoms with E-state index in [2.05, 4.69) is 33.6 Å². The van der Waals surface area contributed by atoms with Gasteiger partial charge in [0.2, 0.25) is 0 Å². The minimum Gasteiger partial charge on any atom is -0.370 e. The fourth-order valence-corrected chi connectivity index (χ4v) is 2.28. The Morgan fingerprint density at radius 1 is 1.19 bits per heavy atom. The van der Waals surface area contributed by atoms with Crippen LogP contribution in [0.25, 0.3) is 0 Å². The summed E-state index contributed by atoms with van der Waals surface area (Å²) in [6.45, 7) is 16.7. The molecular formula is C15H32IN5. The van der Waals surface area contributed by atoms with Crippen LogP contribution < -0.4 is 11.1 Å². The first kappa shape index (κ1) is 20.7. The van der Waals surface area contributed by atoms with Crippen molar-refractivity contribution in [1.82, 2.24) is 15.1 Å². The molecule has 0 radical (unpaired) electrons. The number of nitrogens with zero attached hydrogens (tertiary/aromatic N) is 3. The summed E-state index contributed by atoms with van der Waals surface area (Å²) in [5, 5.41) is 3.15. The summed E-state index contributed by atoms with van der Waals surface area (Å²) in [5.74, 6) is 0.532. The number of piperazine rings is 1. The Labute approximate surface area is 147 Å². The van der Waals surface area contributed by atoms with Gasteiger partial charge < -0.3 is 20.9 Å². The van der Waals surface area contributed by atoms with E-state index in [0.717, 1.165) is 18.5 Å². The van der Waals surface area contributed by atoms with E-state index in [0.29, 0.717) is 12.5 Å². The lowest BCUT2D eigenvalue weighted by molar-refractivity contribution is 0.136. The van der Waals surface area contributed by atoms with E-state index >= 15 is 0 Å². The molecule has 1 fully saturated rings. The highest BCUT2D eigenvalue weighted by Gasteiger charge is 2.14. The second-order valence-electron chi connectivity index (χ2n) is 5.57. The molecule has 0 aromatic rings. The van der Waals surface area contributed by atoms with Crippen molar-refractivity contribution < 1.29 is 0 Å². The number of aliphatic imine (C=N–C) groups is 1. The van der Waals surface area contributed by atoms with Gasteiger partial charge in [0.1, 0.15) is 0 Å². The fourth-order valence-electron chi connectivity index (χ4n) is 2.28. The lowest BCUT2D eigenvalue weighted by Crippen LogP contribution is -2.46. The summed E-state index contributed by atoms with van der Waals surface area (Å²) in [5.41, 5.74) is 6.79. The lowest BCUT2D eigenvalue weighted by Gasteiger charge is -2.33. The maximum Gasteiger partial charge on any atom is 0.188 e. The van der Waals surface area contributed by atoms with Gasteiger partial charge in [-0.3, -0.25) is 0 Å². The van der Waals surface area contributed by atoms with Crippen molar-refractivity contribution >= 4 is 29.9 Å². The van der Waals surface area contributed by atoms with Crippen LogP contribution in [0.4, 0.5) is 0 Å². The van der Waals surface area contributed by atoms with E-state index in [1.165, 1.54) is 45.7 Å². The van der Waals surface area contributed by atoms with Gasteiger partial charge in [-0.15, -0.1) is 24.0 Å². The SMILES string of the molecule is C=C(C)CN=C(N)NCCCCN1CCN(CC)CC1.I. The first-order valence-corrected chi connectivity index (χ1v) is 7.74. The topological polar surface area (TPSA) is 56.9 Å². The molecule has 1 heterocycles. The molecule has 0 amide bonds. The summed E-state index contributed by atoms with van der Waals surface area (Å²) in [4.78, 5) is 9.27. The third-order valence-corrected chi connectivity index (χ3v) is 3.64. The maximum atomic E-state index is 5.76. The number of likely N-dealkylation sites (N-methyl/N-ethyl adjacent to an activating group) is 1. The van der Waals surface area contributed by atoms with Gasteiger partial charge in [0.05, 0.1) is 6.54 Å². The number of hydrogen-bond acceptors (Lipinski definition) is 3. The number of hydrogen-bond donors (Lipinski definition) is 2. The van der Waals surface area contributed by atoms with Crippen LogP contribution in [0.5, 0.6) is 0 Å². The first-order valence-electron chi connectivity index (χ1n) is 7.74. The highest BCUT2D eigenvalue weighted by molar-refractivity contribution is 14.0. The average molecular weight is 409 g/mol. The lowest BCUT2D eigenvalue weighted by atomic mass is 10.2. The van der Waals surface area contributed by atoms with Gasteiger partial charge >= 0.3 is 0 Å². The van der Waals surface area contributed by atoms with Gasteiger partial charge in [-0.1, -0.05) is 19.1 Å².